The van der Waals surface area contributed by atoms with Crippen LogP contribution in [0.15, 0.2) is 4.99 Å². The van der Waals surface area contributed by atoms with Crippen molar-refractivity contribution in [2.75, 3.05) is 6.61 Å². The fourth-order valence-electron chi connectivity index (χ4n) is 0.520. The van der Waals surface area contributed by atoms with Crippen molar-refractivity contribution in [1.82, 2.24) is 0 Å². The van der Waals surface area contributed by atoms with Crippen molar-refractivity contribution in [1.29, 1.82) is 0 Å². The van der Waals surface area contributed by atoms with E-state index in [0.29, 0.717) is 6.61 Å². The second-order valence-electron chi connectivity index (χ2n) is 2.16. The molecule has 1 atom stereocenters. The van der Waals surface area contributed by atoms with Crippen LogP contribution in [0, 0.1) is 5.92 Å². The Bertz CT molecular complexity index is 201. The van der Waals surface area contributed by atoms with Gasteiger partial charge in [-0.15, -0.1) is 0 Å². The van der Waals surface area contributed by atoms with Crippen molar-refractivity contribution < 1.29 is 14.3 Å². The number of ether oxygens (including phenoxy) is 1. The minimum absolute atomic E-state index is 0.313. The number of nitrogens with zero attached hydrogens (tertiary/aromatic N) is 1. The fraction of sp³-hybridized carbons (Fsp3) is 0.571. The highest BCUT2D eigenvalue weighted by Crippen LogP contribution is 1.94. The van der Waals surface area contributed by atoms with E-state index in [1.165, 1.54) is 6.21 Å². The van der Waals surface area contributed by atoms with E-state index in [1.807, 2.05) is 0 Å². The molecule has 5 nitrogen and oxygen atoms in total. The van der Waals surface area contributed by atoms with Crippen LogP contribution in [-0.4, -0.2) is 24.8 Å². The van der Waals surface area contributed by atoms with E-state index in [-0.39, 0.29) is 0 Å². The van der Waals surface area contributed by atoms with Gasteiger partial charge in [0.2, 0.25) is 0 Å². The summed E-state index contributed by atoms with van der Waals surface area (Å²) in [6.45, 7) is 3.59. The third-order valence-electron chi connectivity index (χ3n) is 1.08. The first kappa shape index (κ1) is 10.6. The molecule has 0 spiro atoms. The maximum Gasteiger partial charge on any atom is 0.337 e. The van der Waals surface area contributed by atoms with E-state index in [2.05, 4.69) is 9.73 Å². The van der Waals surface area contributed by atoms with Crippen LogP contribution >= 0.6 is 0 Å². The molecule has 5 heteroatoms. The van der Waals surface area contributed by atoms with Gasteiger partial charge >= 0.3 is 12.0 Å². The zero-order valence-electron chi connectivity index (χ0n) is 7.11. The van der Waals surface area contributed by atoms with Crippen molar-refractivity contribution in [2.24, 2.45) is 16.6 Å². The van der Waals surface area contributed by atoms with Crippen LogP contribution in [0.2, 0.25) is 0 Å². The van der Waals surface area contributed by atoms with Gasteiger partial charge in [0.15, 0.2) is 0 Å². The van der Waals surface area contributed by atoms with Crippen molar-refractivity contribution in [2.45, 2.75) is 13.8 Å². The summed E-state index contributed by atoms with van der Waals surface area (Å²) in [5.41, 5.74) is 4.73. The smallest absolute Gasteiger partial charge is 0.337 e. The van der Waals surface area contributed by atoms with E-state index in [9.17, 15) is 9.59 Å². The third kappa shape index (κ3) is 4.43. The summed E-state index contributed by atoms with van der Waals surface area (Å²) in [5.74, 6) is -0.944. The first-order chi connectivity index (χ1) is 5.57. The average molecular weight is 172 g/mol. The van der Waals surface area contributed by atoms with E-state index in [1.54, 1.807) is 13.8 Å². The summed E-state index contributed by atoms with van der Waals surface area (Å²) >= 11 is 0. The lowest BCUT2D eigenvalue weighted by molar-refractivity contribution is -0.144. The maximum atomic E-state index is 10.9. The van der Waals surface area contributed by atoms with Gasteiger partial charge in [-0.05, 0) is 13.8 Å². The van der Waals surface area contributed by atoms with Gasteiger partial charge in [-0.1, -0.05) is 0 Å². The highest BCUT2D eigenvalue weighted by molar-refractivity contribution is 5.93. The summed E-state index contributed by atoms with van der Waals surface area (Å²) < 4.78 is 4.65. The molecule has 0 bridgehead atoms. The van der Waals surface area contributed by atoms with E-state index in [4.69, 9.17) is 5.73 Å². The lowest BCUT2D eigenvalue weighted by Crippen LogP contribution is -2.17. The van der Waals surface area contributed by atoms with Gasteiger partial charge in [-0.3, -0.25) is 4.79 Å². The number of hydrogen-bond acceptors (Lipinski definition) is 3. The Hall–Kier alpha value is -1.39. The minimum Gasteiger partial charge on any atom is -0.466 e. The molecule has 0 saturated carbocycles. The number of rotatable bonds is 3. The maximum absolute atomic E-state index is 10.9. The van der Waals surface area contributed by atoms with Crippen LogP contribution in [0.25, 0.3) is 0 Å². The van der Waals surface area contributed by atoms with Gasteiger partial charge in [0, 0.05) is 6.21 Å². The number of esters is 1. The molecule has 1 unspecified atom stereocenters. The van der Waals surface area contributed by atoms with Crippen LogP contribution in [0.3, 0.4) is 0 Å². The lowest BCUT2D eigenvalue weighted by atomic mass is 10.2. The van der Waals surface area contributed by atoms with Crippen LogP contribution in [-0.2, 0) is 9.53 Å². The molecule has 0 aliphatic heterocycles. The molecule has 12 heavy (non-hydrogen) atoms. The van der Waals surface area contributed by atoms with Crippen molar-refractivity contribution in [3.05, 3.63) is 0 Å². The second-order valence-corrected chi connectivity index (χ2v) is 2.16. The largest absolute Gasteiger partial charge is 0.466 e. The molecule has 0 aromatic rings. The fourth-order valence-corrected chi connectivity index (χ4v) is 0.520. The van der Waals surface area contributed by atoms with Gasteiger partial charge in [-0.25, -0.2) is 9.79 Å². The highest BCUT2D eigenvalue weighted by Gasteiger charge is 2.10. The molecule has 0 heterocycles. The normalized spacial score (nSPS) is 12.8. The van der Waals surface area contributed by atoms with Crippen LogP contribution in [0.4, 0.5) is 4.79 Å². The van der Waals surface area contributed by atoms with Gasteiger partial charge in [0.1, 0.15) is 0 Å². The van der Waals surface area contributed by atoms with E-state index in [0.717, 1.165) is 0 Å². The molecule has 0 aromatic heterocycles. The summed E-state index contributed by atoms with van der Waals surface area (Å²) in [5, 5.41) is 0. The van der Waals surface area contributed by atoms with Gasteiger partial charge in [0.25, 0.3) is 0 Å². The first-order valence-electron chi connectivity index (χ1n) is 3.58. The Kier molecular flexibility index (Phi) is 4.67. The number of hydrogen-bond donors (Lipinski definition) is 1. The number of carbonyl (C=O) groups is 2. The van der Waals surface area contributed by atoms with E-state index < -0.39 is 17.9 Å². The molecular formula is C7H12N2O3. The summed E-state index contributed by atoms with van der Waals surface area (Å²) in [6.07, 6.45) is 1.17. The quantitative estimate of drug-likeness (QED) is 0.492. The topological polar surface area (TPSA) is 81.8 Å². The molecule has 0 aliphatic rings. The second kappa shape index (κ2) is 5.29. The summed E-state index contributed by atoms with van der Waals surface area (Å²) in [4.78, 5) is 24.3. The number of aliphatic imine (C=N–C) groups is 1. The highest BCUT2D eigenvalue weighted by atomic mass is 16.5. The Labute approximate surface area is 70.6 Å². The first-order valence-corrected chi connectivity index (χ1v) is 3.58. The number of carbonyl (C=O) groups excluding carboxylic acids is 2. The molecule has 68 valence electrons. The summed E-state index contributed by atoms with van der Waals surface area (Å²) in [6, 6.07) is -0.814. The Balaban J connectivity index is 3.94. The molecule has 2 amide bonds. The lowest BCUT2D eigenvalue weighted by Gasteiger charge is -2.03. The van der Waals surface area contributed by atoms with Crippen LogP contribution in [0.5, 0.6) is 0 Å². The molecule has 0 aromatic carbocycles. The number of primary amides is 1. The molecule has 0 radical (unpaired) electrons. The summed E-state index contributed by atoms with van der Waals surface area (Å²) in [7, 11) is 0. The van der Waals surface area contributed by atoms with Crippen molar-refractivity contribution in [3.63, 3.8) is 0 Å². The van der Waals surface area contributed by atoms with Gasteiger partial charge < -0.3 is 10.5 Å². The molecule has 0 fully saturated rings. The molecule has 0 aliphatic carbocycles. The zero-order valence-corrected chi connectivity index (χ0v) is 7.11. The number of urea groups is 1. The van der Waals surface area contributed by atoms with Gasteiger partial charge in [0.05, 0.1) is 12.5 Å². The molecule has 0 rings (SSSR count). The Morgan fingerprint density at radius 3 is 2.67 bits per heavy atom. The van der Waals surface area contributed by atoms with Gasteiger partial charge in [-0.2, -0.15) is 0 Å². The zero-order chi connectivity index (χ0) is 9.56. The molecule has 2 N–H and O–H groups in total. The standard InChI is InChI=1S/C7H12N2O3/c1-3-12-6(10)5(2)4-9-7(8)11/h4-5H,3H2,1-2H3,(H2,8,11). The molecular weight excluding hydrogens is 160 g/mol. The number of amides is 2. The van der Waals surface area contributed by atoms with Crippen molar-refractivity contribution >= 4 is 18.2 Å². The third-order valence-corrected chi connectivity index (χ3v) is 1.08. The monoisotopic (exact) mass is 172 g/mol. The Morgan fingerprint density at radius 2 is 2.25 bits per heavy atom. The minimum atomic E-state index is -0.814. The SMILES string of the molecule is CCOC(=O)C(C)C=NC(N)=O. The predicted octanol–water partition coefficient (Wildman–Crippen LogP) is 0.335. The average Bonchev–Trinajstić information content (AvgIpc) is 2.00. The van der Waals surface area contributed by atoms with Crippen LogP contribution < -0.4 is 5.73 Å². The van der Waals surface area contributed by atoms with E-state index >= 15 is 0 Å². The molecule has 0 saturated heterocycles. The van der Waals surface area contributed by atoms with Crippen LogP contribution in [0.1, 0.15) is 13.8 Å². The number of nitrogens with two attached hydrogens (primary N) is 1. The van der Waals surface area contributed by atoms with Crippen molar-refractivity contribution in [3.8, 4) is 0 Å². The predicted molar refractivity (Wildman–Crippen MR) is 43.9 cm³/mol. The Morgan fingerprint density at radius 1 is 1.67 bits per heavy atom.